The summed E-state index contributed by atoms with van der Waals surface area (Å²) < 4.78 is 13.5. The van der Waals surface area contributed by atoms with Crippen molar-refractivity contribution in [2.24, 2.45) is 11.8 Å². The van der Waals surface area contributed by atoms with Crippen LogP contribution in [0.15, 0.2) is 35.8 Å². The molecule has 0 spiro atoms. The van der Waals surface area contributed by atoms with Gasteiger partial charge in [0.2, 0.25) is 0 Å². The molecule has 0 bridgehead atoms. The Morgan fingerprint density at radius 3 is 2.60 bits per heavy atom. The fraction of sp³-hybridized carbons (Fsp3) is 0.667. The van der Waals surface area contributed by atoms with Crippen molar-refractivity contribution in [1.29, 1.82) is 0 Å². The van der Waals surface area contributed by atoms with E-state index in [1.807, 2.05) is 6.92 Å². The number of nitrogens with zero attached hydrogens (tertiary/aromatic N) is 1. The molecule has 20 heavy (non-hydrogen) atoms. The average molecular weight is 279 g/mol. The lowest BCUT2D eigenvalue weighted by Crippen LogP contribution is -2.43. The lowest BCUT2D eigenvalue weighted by atomic mass is 9.82. The zero-order chi connectivity index (χ0) is 15.3. The van der Waals surface area contributed by atoms with Gasteiger partial charge in [0.05, 0.1) is 5.83 Å². The first-order chi connectivity index (χ1) is 9.44. The average Bonchev–Trinajstić information content (AvgIpc) is 2.44. The minimum absolute atomic E-state index is 0.00768. The maximum Gasteiger partial charge on any atom is 0.0959 e. The Labute approximate surface area is 124 Å². The molecular formula is C18H30FN. The van der Waals surface area contributed by atoms with E-state index < -0.39 is 0 Å². The van der Waals surface area contributed by atoms with Crippen LogP contribution in [0, 0.1) is 11.8 Å². The molecule has 0 amide bonds. The molecule has 1 rings (SSSR count). The van der Waals surface area contributed by atoms with Gasteiger partial charge in [-0.25, -0.2) is 4.39 Å². The summed E-state index contributed by atoms with van der Waals surface area (Å²) in [5, 5.41) is 0. The van der Waals surface area contributed by atoms with Crippen LogP contribution in [0.5, 0.6) is 0 Å². The van der Waals surface area contributed by atoms with Crippen molar-refractivity contribution in [3.63, 3.8) is 0 Å². The summed E-state index contributed by atoms with van der Waals surface area (Å²) >= 11 is 0. The van der Waals surface area contributed by atoms with Gasteiger partial charge in [-0.2, -0.15) is 0 Å². The first kappa shape index (κ1) is 17.0. The number of halogens is 1. The first-order valence-corrected chi connectivity index (χ1v) is 7.95. The zero-order valence-corrected chi connectivity index (χ0v) is 13.7. The highest BCUT2D eigenvalue weighted by molar-refractivity contribution is 5.26. The molecule has 1 unspecified atom stereocenters. The van der Waals surface area contributed by atoms with Gasteiger partial charge in [-0.15, -0.1) is 0 Å². The quantitative estimate of drug-likeness (QED) is 0.623. The second kappa shape index (κ2) is 7.66. The van der Waals surface area contributed by atoms with Crippen molar-refractivity contribution >= 4 is 0 Å². The lowest BCUT2D eigenvalue weighted by Gasteiger charge is -2.43. The molecule has 0 saturated heterocycles. The number of hydrogen-bond donors (Lipinski definition) is 0. The fourth-order valence-corrected chi connectivity index (χ4v) is 3.09. The van der Waals surface area contributed by atoms with Gasteiger partial charge in [0.15, 0.2) is 0 Å². The van der Waals surface area contributed by atoms with Crippen LogP contribution >= 0.6 is 0 Å². The van der Waals surface area contributed by atoms with Crippen molar-refractivity contribution in [1.82, 2.24) is 4.90 Å². The molecule has 1 aliphatic rings. The standard InChI is InChI=1S/C18H30FN/c1-7-16(19)12-14(5)15(6)18-11-13(4)10-17(8-2)20(18)9-3/h10,12,14-15,18H,4,7-9,11H2,1-3,5-6H3/b16-12+/t14?,15-,18+/m0/s1. The Balaban J connectivity index is 2.93. The van der Waals surface area contributed by atoms with Crippen LogP contribution < -0.4 is 0 Å². The van der Waals surface area contributed by atoms with Crippen molar-refractivity contribution in [2.75, 3.05) is 6.54 Å². The zero-order valence-electron chi connectivity index (χ0n) is 13.7. The fourth-order valence-electron chi connectivity index (χ4n) is 3.09. The molecule has 0 aromatic heterocycles. The van der Waals surface area contributed by atoms with Gasteiger partial charge in [0.1, 0.15) is 0 Å². The molecule has 0 aliphatic carbocycles. The molecule has 0 aromatic carbocycles. The second-order valence-electron chi connectivity index (χ2n) is 5.89. The summed E-state index contributed by atoms with van der Waals surface area (Å²) in [7, 11) is 0. The van der Waals surface area contributed by atoms with Crippen LogP contribution in [0.2, 0.25) is 0 Å². The van der Waals surface area contributed by atoms with Crippen LogP contribution in [0.25, 0.3) is 0 Å². The Bertz CT molecular complexity index is 394. The highest BCUT2D eigenvalue weighted by atomic mass is 19.1. The maximum absolute atomic E-state index is 13.5. The molecule has 0 fully saturated rings. The van der Waals surface area contributed by atoms with Gasteiger partial charge in [-0.3, -0.25) is 0 Å². The molecule has 0 aromatic rings. The predicted molar refractivity (Wildman–Crippen MR) is 86.1 cm³/mol. The summed E-state index contributed by atoms with van der Waals surface area (Å²) in [5.41, 5.74) is 2.57. The summed E-state index contributed by atoms with van der Waals surface area (Å²) in [6.07, 6.45) is 6.53. The molecule has 114 valence electrons. The summed E-state index contributed by atoms with van der Waals surface area (Å²) in [5.74, 6) is 0.672. The normalized spacial score (nSPS) is 23.6. The minimum Gasteiger partial charge on any atom is -0.371 e. The van der Waals surface area contributed by atoms with Crippen LogP contribution in [-0.2, 0) is 0 Å². The SMILES string of the molecule is C=C1C=C(CC)N(CC)[C@@H]([C@@H](C)C(C)/C=C(/F)CC)C1. The van der Waals surface area contributed by atoms with E-state index in [4.69, 9.17) is 0 Å². The van der Waals surface area contributed by atoms with Crippen LogP contribution in [0.1, 0.15) is 53.9 Å². The summed E-state index contributed by atoms with van der Waals surface area (Å²) in [6, 6.07) is 0.434. The number of hydrogen-bond acceptors (Lipinski definition) is 1. The van der Waals surface area contributed by atoms with Crippen molar-refractivity contribution < 1.29 is 4.39 Å². The molecule has 0 N–H and O–H groups in total. The Morgan fingerprint density at radius 1 is 1.45 bits per heavy atom. The van der Waals surface area contributed by atoms with E-state index in [0.717, 1.165) is 19.4 Å². The van der Waals surface area contributed by atoms with Crippen LogP contribution in [0.4, 0.5) is 4.39 Å². The molecule has 0 saturated carbocycles. The van der Waals surface area contributed by atoms with Gasteiger partial charge in [0, 0.05) is 18.3 Å². The van der Waals surface area contributed by atoms with E-state index in [9.17, 15) is 4.39 Å². The van der Waals surface area contributed by atoms with Crippen molar-refractivity contribution in [3.05, 3.63) is 35.8 Å². The highest BCUT2D eigenvalue weighted by Crippen LogP contribution is 2.33. The molecule has 0 radical (unpaired) electrons. The molecule has 1 aliphatic heterocycles. The third-order valence-corrected chi connectivity index (χ3v) is 4.53. The second-order valence-corrected chi connectivity index (χ2v) is 5.89. The van der Waals surface area contributed by atoms with E-state index in [2.05, 4.69) is 45.2 Å². The van der Waals surface area contributed by atoms with Gasteiger partial charge in [-0.1, -0.05) is 39.8 Å². The molecular weight excluding hydrogens is 249 g/mol. The summed E-state index contributed by atoms with van der Waals surface area (Å²) in [4.78, 5) is 2.48. The molecule has 3 atom stereocenters. The minimum atomic E-state index is 0.00768. The van der Waals surface area contributed by atoms with E-state index in [1.54, 1.807) is 6.08 Å². The number of rotatable bonds is 6. The topological polar surface area (TPSA) is 3.24 Å². The summed E-state index contributed by atoms with van der Waals surface area (Å²) in [6.45, 7) is 15.8. The van der Waals surface area contributed by atoms with Crippen LogP contribution in [0.3, 0.4) is 0 Å². The van der Waals surface area contributed by atoms with Gasteiger partial charge >= 0.3 is 0 Å². The van der Waals surface area contributed by atoms with Gasteiger partial charge < -0.3 is 4.90 Å². The highest BCUT2D eigenvalue weighted by Gasteiger charge is 2.30. The molecule has 1 heterocycles. The van der Waals surface area contributed by atoms with E-state index in [-0.39, 0.29) is 11.7 Å². The third-order valence-electron chi connectivity index (χ3n) is 4.53. The monoisotopic (exact) mass is 279 g/mol. The van der Waals surface area contributed by atoms with Crippen molar-refractivity contribution in [3.8, 4) is 0 Å². The Hall–Kier alpha value is -1.05. The van der Waals surface area contributed by atoms with E-state index >= 15 is 0 Å². The van der Waals surface area contributed by atoms with Crippen molar-refractivity contribution in [2.45, 2.75) is 59.9 Å². The van der Waals surface area contributed by atoms with E-state index in [0.29, 0.717) is 18.4 Å². The number of allylic oxidation sites excluding steroid dienone is 4. The maximum atomic E-state index is 13.5. The molecule has 1 nitrogen and oxygen atoms in total. The molecule has 2 heteroatoms. The third kappa shape index (κ3) is 3.97. The lowest BCUT2D eigenvalue weighted by molar-refractivity contribution is 0.163. The van der Waals surface area contributed by atoms with Crippen LogP contribution in [-0.4, -0.2) is 17.5 Å². The smallest absolute Gasteiger partial charge is 0.0959 e. The largest absolute Gasteiger partial charge is 0.371 e. The van der Waals surface area contributed by atoms with E-state index in [1.165, 1.54) is 11.3 Å². The Morgan fingerprint density at radius 2 is 2.10 bits per heavy atom. The van der Waals surface area contributed by atoms with Gasteiger partial charge in [-0.05, 0) is 50.2 Å². The Kier molecular flexibility index (Phi) is 6.51. The first-order valence-electron chi connectivity index (χ1n) is 7.95. The predicted octanol–water partition coefficient (Wildman–Crippen LogP) is 5.47. The van der Waals surface area contributed by atoms with Gasteiger partial charge in [0.25, 0.3) is 0 Å².